The molecule has 0 saturated carbocycles. The minimum Gasteiger partial charge on any atom is -0.288 e. The number of nitrogens with one attached hydrogen (secondary N) is 1. The summed E-state index contributed by atoms with van der Waals surface area (Å²) in [4.78, 5) is 11.0. The van der Waals surface area contributed by atoms with Crippen molar-refractivity contribution >= 4 is 28.4 Å². The molecule has 1 heterocycles. The highest BCUT2D eigenvalue weighted by atomic mass is 35.5. The third-order valence-corrected chi connectivity index (χ3v) is 3.42. The van der Waals surface area contributed by atoms with E-state index in [0.717, 1.165) is 24.3 Å². The second-order valence-corrected chi connectivity index (χ2v) is 4.71. The van der Waals surface area contributed by atoms with Gasteiger partial charge in [0, 0.05) is 17.7 Å². The standard InChI is InChI=1S/C8H13ClN2OS/c1-7-6-8(12)11-13(10-7)5-3-2-4-9/h6H,2-5H2,1H3,(H,10,11,12). The van der Waals surface area contributed by atoms with Crippen LogP contribution in [0.4, 0.5) is 0 Å². The van der Waals surface area contributed by atoms with Gasteiger partial charge in [-0.25, -0.2) is 4.36 Å². The fraction of sp³-hybridized carbons (Fsp3) is 0.625. The highest BCUT2D eigenvalue weighted by Gasteiger charge is 2.07. The van der Waals surface area contributed by atoms with Crippen molar-refractivity contribution in [2.24, 2.45) is 4.36 Å². The molecule has 13 heavy (non-hydrogen) atoms. The summed E-state index contributed by atoms with van der Waals surface area (Å²) in [5.41, 5.74) is 0.818. The van der Waals surface area contributed by atoms with Crippen molar-refractivity contribution in [2.45, 2.75) is 19.8 Å². The van der Waals surface area contributed by atoms with E-state index in [9.17, 15) is 4.79 Å². The van der Waals surface area contributed by atoms with E-state index < -0.39 is 0 Å². The molecule has 1 N–H and O–H groups in total. The summed E-state index contributed by atoms with van der Waals surface area (Å²) in [7, 11) is -0.308. The predicted molar refractivity (Wildman–Crippen MR) is 56.5 cm³/mol. The monoisotopic (exact) mass is 220 g/mol. The van der Waals surface area contributed by atoms with Crippen LogP contribution in [0, 0.1) is 0 Å². The van der Waals surface area contributed by atoms with Crippen molar-refractivity contribution in [2.75, 3.05) is 11.6 Å². The zero-order chi connectivity index (χ0) is 9.68. The average Bonchev–Trinajstić information content (AvgIpc) is 2.03. The van der Waals surface area contributed by atoms with Gasteiger partial charge in [0.15, 0.2) is 0 Å². The number of amides is 1. The summed E-state index contributed by atoms with van der Waals surface area (Å²) in [6.45, 7) is 1.85. The van der Waals surface area contributed by atoms with Crippen LogP contribution in [0.2, 0.25) is 0 Å². The van der Waals surface area contributed by atoms with Crippen LogP contribution in [-0.4, -0.2) is 17.5 Å². The van der Waals surface area contributed by atoms with Crippen molar-refractivity contribution in [3.05, 3.63) is 11.8 Å². The lowest BCUT2D eigenvalue weighted by molar-refractivity contribution is -0.114. The van der Waals surface area contributed by atoms with Crippen LogP contribution in [0.25, 0.3) is 0 Å². The van der Waals surface area contributed by atoms with Crippen LogP contribution in [0.15, 0.2) is 16.1 Å². The van der Waals surface area contributed by atoms with Gasteiger partial charge >= 0.3 is 0 Å². The van der Waals surface area contributed by atoms with E-state index in [1.807, 2.05) is 6.92 Å². The highest BCUT2D eigenvalue weighted by molar-refractivity contribution is 7.86. The SMILES string of the molecule is CC1=CC(=O)NS(CCCCCl)=N1. The molecular formula is C8H13ClN2OS. The molecule has 0 radical (unpaired) electrons. The van der Waals surface area contributed by atoms with Gasteiger partial charge in [-0.1, -0.05) is 0 Å². The second kappa shape index (κ2) is 5.40. The molecule has 5 heteroatoms. The molecule has 0 aromatic carbocycles. The Morgan fingerprint density at radius 1 is 1.62 bits per heavy atom. The van der Waals surface area contributed by atoms with Gasteiger partial charge < -0.3 is 0 Å². The third-order valence-electron chi connectivity index (χ3n) is 1.53. The molecule has 3 nitrogen and oxygen atoms in total. The molecule has 1 unspecified atom stereocenters. The number of carbonyl (C=O) groups is 1. The Kier molecular flexibility index (Phi) is 4.45. The number of alkyl halides is 1. The summed E-state index contributed by atoms with van der Waals surface area (Å²) in [5.74, 6) is 1.56. The highest BCUT2D eigenvalue weighted by Crippen LogP contribution is 2.05. The first kappa shape index (κ1) is 10.7. The molecule has 74 valence electrons. The average molecular weight is 221 g/mol. The van der Waals surface area contributed by atoms with Crippen LogP contribution >= 0.6 is 11.6 Å². The molecule has 0 fully saturated rings. The topological polar surface area (TPSA) is 41.5 Å². The van der Waals surface area contributed by atoms with E-state index in [0.29, 0.717) is 5.88 Å². The minimum atomic E-state index is -0.308. The van der Waals surface area contributed by atoms with E-state index in [1.54, 1.807) is 0 Å². The van der Waals surface area contributed by atoms with Gasteiger partial charge in [0.1, 0.15) is 0 Å². The van der Waals surface area contributed by atoms with Crippen LogP contribution < -0.4 is 4.72 Å². The first-order valence-corrected chi connectivity index (χ1v) is 6.08. The summed E-state index contributed by atoms with van der Waals surface area (Å²) in [6.07, 6.45) is 3.52. The van der Waals surface area contributed by atoms with Crippen molar-refractivity contribution in [3.63, 3.8) is 0 Å². The molecule has 1 atom stereocenters. The van der Waals surface area contributed by atoms with E-state index in [1.165, 1.54) is 6.08 Å². The van der Waals surface area contributed by atoms with E-state index in [4.69, 9.17) is 11.6 Å². The Morgan fingerprint density at radius 2 is 2.38 bits per heavy atom. The number of unbranched alkanes of at least 4 members (excludes halogenated alkanes) is 1. The molecule has 1 amide bonds. The first-order chi connectivity index (χ1) is 6.22. The van der Waals surface area contributed by atoms with E-state index >= 15 is 0 Å². The lowest BCUT2D eigenvalue weighted by Gasteiger charge is -2.12. The lowest BCUT2D eigenvalue weighted by atomic mass is 10.4. The number of rotatable bonds is 4. The molecule has 1 rings (SSSR count). The van der Waals surface area contributed by atoms with Crippen LogP contribution in [-0.2, 0) is 15.7 Å². The molecule has 1 aliphatic rings. The van der Waals surface area contributed by atoms with E-state index in [2.05, 4.69) is 9.08 Å². The normalized spacial score (nSPS) is 21.8. The Morgan fingerprint density at radius 3 is 3.00 bits per heavy atom. The molecule has 1 aliphatic heterocycles. The summed E-state index contributed by atoms with van der Waals surface area (Å²) >= 11 is 5.55. The fourth-order valence-electron chi connectivity index (χ4n) is 0.988. The minimum absolute atomic E-state index is 0.0262. The zero-order valence-electron chi connectivity index (χ0n) is 7.55. The van der Waals surface area contributed by atoms with Crippen molar-refractivity contribution < 1.29 is 4.79 Å². The van der Waals surface area contributed by atoms with Crippen LogP contribution in [0.5, 0.6) is 0 Å². The Bertz CT molecular complexity index is 263. The summed E-state index contributed by atoms with van der Waals surface area (Å²) in [5, 5.41) is 0. The zero-order valence-corrected chi connectivity index (χ0v) is 9.12. The van der Waals surface area contributed by atoms with Gasteiger partial charge in [-0.3, -0.25) is 9.52 Å². The van der Waals surface area contributed by atoms with Gasteiger partial charge in [0.25, 0.3) is 5.91 Å². The van der Waals surface area contributed by atoms with Gasteiger partial charge in [-0.05, 0) is 30.6 Å². The number of halogens is 1. The van der Waals surface area contributed by atoms with Gasteiger partial charge in [-0.15, -0.1) is 11.6 Å². The van der Waals surface area contributed by atoms with Crippen LogP contribution in [0.1, 0.15) is 19.8 Å². The Balaban J connectivity index is 2.42. The maximum atomic E-state index is 11.0. The molecule has 0 aromatic rings. The second-order valence-electron chi connectivity index (χ2n) is 2.81. The maximum Gasteiger partial charge on any atom is 0.256 e. The van der Waals surface area contributed by atoms with Gasteiger partial charge in [0.2, 0.25) is 0 Å². The fourth-order valence-corrected chi connectivity index (χ4v) is 2.59. The number of allylic oxidation sites excluding steroid dienone is 1. The Labute approximate surface area is 85.8 Å². The smallest absolute Gasteiger partial charge is 0.256 e. The van der Waals surface area contributed by atoms with Gasteiger partial charge in [0.05, 0.1) is 5.70 Å². The van der Waals surface area contributed by atoms with Crippen molar-refractivity contribution in [1.29, 1.82) is 0 Å². The molecule has 0 spiro atoms. The molecular weight excluding hydrogens is 208 g/mol. The molecule has 0 saturated heterocycles. The number of hydrogen-bond acceptors (Lipinski definition) is 2. The maximum absolute atomic E-state index is 11.0. The predicted octanol–water partition coefficient (Wildman–Crippen LogP) is 1.76. The third kappa shape index (κ3) is 3.91. The summed E-state index contributed by atoms with van der Waals surface area (Å²) < 4.78 is 7.13. The Hall–Kier alpha value is -0.350. The van der Waals surface area contributed by atoms with Gasteiger partial charge in [-0.2, -0.15) is 0 Å². The number of nitrogens with zero attached hydrogens (tertiary/aromatic N) is 1. The first-order valence-electron chi connectivity index (χ1n) is 4.20. The quantitative estimate of drug-likeness (QED) is 0.569. The number of hydrogen-bond donors (Lipinski definition) is 1. The van der Waals surface area contributed by atoms with Crippen LogP contribution in [0.3, 0.4) is 0 Å². The molecule has 0 aromatic heterocycles. The van der Waals surface area contributed by atoms with E-state index in [-0.39, 0.29) is 16.8 Å². The lowest BCUT2D eigenvalue weighted by Crippen LogP contribution is -2.28. The van der Waals surface area contributed by atoms with Crippen molar-refractivity contribution in [3.8, 4) is 0 Å². The summed E-state index contributed by atoms with van der Waals surface area (Å²) in [6, 6.07) is 0. The molecule has 0 bridgehead atoms. The number of carbonyl (C=O) groups excluding carboxylic acids is 1. The van der Waals surface area contributed by atoms with Crippen molar-refractivity contribution in [1.82, 2.24) is 4.72 Å². The largest absolute Gasteiger partial charge is 0.288 e. The molecule has 0 aliphatic carbocycles.